The van der Waals surface area contributed by atoms with Crippen LogP contribution < -0.4 is 5.23 Å². The van der Waals surface area contributed by atoms with Crippen molar-refractivity contribution in [2.75, 3.05) is 11.8 Å². The summed E-state index contributed by atoms with van der Waals surface area (Å²) in [5, 5.41) is 18.8. The first-order chi connectivity index (χ1) is 6.33. The van der Waals surface area contributed by atoms with E-state index in [1.165, 1.54) is 0 Å². The maximum atomic E-state index is 9.28. The van der Waals surface area contributed by atoms with Crippen molar-refractivity contribution in [1.29, 1.82) is 5.26 Å². The average Bonchev–Trinajstić information content (AvgIpc) is 2.18. The van der Waals surface area contributed by atoms with Gasteiger partial charge in [0.25, 0.3) is 0 Å². The molecule has 1 aromatic rings. The summed E-state index contributed by atoms with van der Waals surface area (Å²) in [5.74, 6) is 0. The molecule has 1 heterocycles. The number of nitriles is 1. The number of hydrogen-bond donors (Lipinski definition) is 1. The van der Waals surface area contributed by atoms with Crippen molar-refractivity contribution in [1.82, 2.24) is 0 Å². The molecular formula is C9H8N2O2. The lowest BCUT2D eigenvalue weighted by Gasteiger charge is -2.24. The molecule has 0 saturated heterocycles. The van der Waals surface area contributed by atoms with Gasteiger partial charge >= 0.3 is 0 Å². The van der Waals surface area contributed by atoms with E-state index in [1.807, 2.05) is 0 Å². The molecule has 0 amide bonds. The number of fused-ring (bicyclic) bond motifs is 1. The molecule has 0 radical (unpaired) electrons. The van der Waals surface area contributed by atoms with Crippen molar-refractivity contribution in [2.45, 2.75) is 6.42 Å². The molecule has 4 heteroatoms. The van der Waals surface area contributed by atoms with Crippen molar-refractivity contribution in [3.63, 3.8) is 0 Å². The number of nitrogens with zero attached hydrogens (tertiary/aromatic N) is 2. The summed E-state index contributed by atoms with van der Waals surface area (Å²) >= 11 is 0. The van der Waals surface area contributed by atoms with Gasteiger partial charge in [0.2, 0.25) is 0 Å². The minimum absolute atomic E-state index is 0.405. The van der Waals surface area contributed by atoms with Crippen LogP contribution in [0.25, 0.3) is 0 Å². The van der Waals surface area contributed by atoms with E-state index in [0.717, 1.165) is 10.8 Å². The van der Waals surface area contributed by atoms with E-state index < -0.39 is 0 Å². The van der Waals surface area contributed by atoms with Crippen molar-refractivity contribution in [2.24, 2.45) is 0 Å². The first-order valence-corrected chi connectivity index (χ1v) is 3.97. The fourth-order valence-corrected chi connectivity index (χ4v) is 1.43. The lowest BCUT2D eigenvalue weighted by molar-refractivity contribution is -0.0473. The normalized spacial score (nSPS) is 14.9. The molecule has 1 aliphatic heterocycles. The van der Waals surface area contributed by atoms with Crippen molar-refractivity contribution in [3.8, 4) is 6.07 Å². The first kappa shape index (κ1) is 8.05. The van der Waals surface area contributed by atoms with Gasteiger partial charge in [-0.2, -0.15) is 5.26 Å². The summed E-state index contributed by atoms with van der Waals surface area (Å²) in [4.78, 5) is 4.88. The molecular weight excluding hydrogens is 168 g/mol. The molecule has 0 saturated carbocycles. The fraction of sp³-hybridized carbons (Fsp3) is 0.222. The van der Waals surface area contributed by atoms with Crippen LogP contribution in [0.4, 0.5) is 5.69 Å². The van der Waals surface area contributed by atoms with Gasteiger partial charge < -0.3 is 0 Å². The minimum atomic E-state index is 0.405. The SMILES string of the molecule is N#Cc1cccc2c1CCON2O. The van der Waals surface area contributed by atoms with E-state index in [9.17, 15) is 5.21 Å². The Balaban J connectivity index is 2.56. The van der Waals surface area contributed by atoms with Crippen molar-refractivity contribution in [3.05, 3.63) is 29.3 Å². The number of benzene rings is 1. The Labute approximate surface area is 75.5 Å². The van der Waals surface area contributed by atoms with Crippen molar-refractivity contribution >= 4 is 5.69 Å². The highest BCUT2D eigenvalue weighted by Gasteiger charge is 2.18. The van der Waals surface area contributed by atoms with Gasteiger partial charge in [-0.3, -0.25) is 5.21 Å². The van der Waals surface area contributed by atoms with E-state index >= 15 is 0 Å². The zero-order valence-corrected chi connectivity index (χ0v) is 6.90. The summed E-state index contributed by atoms with van der Waals surface area (Å²) in [7, 11) is 0. The van der Waals surface area contributed by atoms with Gasteiger partial charge in [0, 0.05) is 12.0 Å². The maximum absolute atomic E-state index is 9.28. The average molecular weight is 176 g/mol. The number of rotatable bonds is 0. The highest BCUT2D eigenvalue weighted by Crippen LogP contribution is 2.26. The van der Waals surface area contributed by atoms with Crippen LogP contribution >= 0.6 is 0 Å². The van der Waals surface area contributed by atoms with Gasteiger partial charge in [0.05, 0.1) is 23.9 Å². The third-order valence-corrected chi connectivity index (χ3v) is 2.04. The van der Waals surface area contributed by atoms with Crippen LogP contribution in [0.1, 0.15) is 11.1 Å². The van der Waals surface area contributed by atoms with E-state index in [-0.39, 0.29) is 0 Å². The molecule has 13 heavy (non-hydrogen) atoms. The Hall–Kier alpha value is -1.57. The first-order valence-electron chi connectivity index (χ1n) is 3.97. The van der Waals surface area contributed by atoms with Crippen LogP contribution in [0.15, 0.2) is 18.2 Å². The van der Waals surface area contributed by atoms with E-state index in [2.05, 4.69) is 6.07 Å². The van der Waals surface area contributed by atoms with Gasteiger partial charge in [-0.15, -0.1) is 5.23 Å². The lowest BCUT2D eigenvalue weighted by Crippen LogP contribution is -2.26. The Bertz CT molecular complexity index is 370. The molecule has 66 valence electrons. The summed E-state index contributed by atoms with van der Waals surface area (Å²) in [6.07, 6.45) is 0.663. The minimum Gasteiger partial charge on any atom is -0.264 e. The summed E-state index contributed by atoms with van der Waals surface area (Å²) in [6.45, 7) is 0.405. The Morgan fingerprint density at radius 3 is 3.15 bits per heavy atom. The Morgan fingerprint density at radius 1 is 1.54 bits per heavy atom. The monoisotopic (exact) mass is 176 g/mol. The molecule has 1 N–H and O–H groups in total. The summed E-state index contributed by atoms with van der Waals surface area (Å²) in [5.41, 5.74) is 2.00. The Morgan fingerprint density at radius 2 is 2.38 bits per heavy atom. The molecule has 0 unspecified atom stereocenters. The zero-order chi connectivity index (χ0) is 9.26. The molecule has 4 nitrogen and oxygen atoms in total. The second kappa shape index (κ2) is 3.05. The molecule has 0 aliphatic carbocycles. The Kier molecular flexibility index (Phi) is 1.89. The largest absolute Gasteiger partial charge is 0.264 e. The summed E-state index contributed by atoms with van der Waals surface area (Å²) in [6, 6.07) is 7.25. The third kappa shape index (κ3) is 1.24. The third-order valence-electron chi connectivity index (χ3n) is 2.04. The molecule has 0 bridgehead atoms. The second-order valence-electron chi connectivity index (χ2n) is 2.77. The molecule has 0 spiro atoms. The molecule has 1 aromatic carbocycles. The van der Waals surface area contributed by atoms with Gasteiger partial charge in [0.15, 0.2) is 0 Å². The van der Waals surface area contributed by atoms with Gasteiger partial charge in [-0.05, 0) is 12.1 Å². The standard InChI is InChI=1S/C9H8N2O2/c10-6-7-2-1-3-9-8(7)4-5-13-11(9)12/h1-3,12H,4-5H2. The predicted octanol–water partition coefficient (Wildman–Crippen LogP) is 1.24. The fourth-order valence-electron chi connectivity index (χ4n) is 1.43. The number of anilines is 1. The van der Waals surface area contributed by atoms with Crippen LogP contribution in [0.5, 0.6) is 0 Å². The van der Waals surface area contributed by atoms with E-state index in [4.69, 9.17) is 10.1 Å². The molecule has 0 atom stereocenters. The molecule has 2 rings (SSSR count). The van der Waals surface area contributed by atoms with Crippen LogP contribution in [0, 0.1) is 11.3 Å². The van der Waals surface area contributed by atoms with Crippen LogP contribution in [0.3, 0.4) is 0 Å². The molecule has 0 fully saturated rings. The van der Waals surface area contributed by atoms with Crippen LogP contribution in [-0.4, -0.2) is 11.8 Å². The van der Waals surface area contributed by atoms with Gasteiger partial charge in [0.1, 0.15) is 0 Å². The van der Waals surface area contributed by atoms with Gasteiger partial charge in [-0.25, -0.2) is 4.84 Å². The maximum Gasteiger partial charge on any atom is 0.0995 e. The predicted molar refractivity (Wildman–Crippen MR) is 45.1 cm³/mol. The molecule has 1 aliphatic rings. The highest BCUT2D eigenvalue weighted by molar-refractivity contribution is 5.58. The van der Waals surface area contributed by atoms with E-state index in [1.54, 1.807) is 18.2 Å². The van der Waals surface area contributed by atoms with Crippen LogP contribution in [0.2, 0.25) is 0 Å². The van der Waals surface area contributed by atoms with Crippen molar-refractivity contribution < 1.29 is 10.0 Å². The summed E-state index contributed by atoms with van der Waals surface area (Å²) < 4.78 is 0. The number of hydrogen-bond acceptors (Lipinski definition) is 4. The van der Waals surface area contributed by atoms with Gasteiger partial charge in [-0.1, -0.05) is 6.07 Å². The lowest BCUT2D eigenvalue weighted by atomic mass is 10.0. The second-order valence-corrected chi connectivity index (χ2v) is 2.77. The highest BCUT2D eigenvalue weighted by atomic mass is 16.9. The zero-order valence-electron chi connectivity index (χ0n) is 6.90. The topological polar surface area (TPSA) is 56.5 Å². The van der Waals surface area contributed by atoms with Crippen LogP contribution in [-0.2, 0) is 11.3 Å². The quantitative estimate of drug-likeness (QED) is 0.646. The van der Waals surface area contributed by atoms with E-state index in [0.29, 0.717) is 24.3 Å². The molecule has 0 aromatic heterocycles. The smallest absolute Gasteiger partial charge is 0.0995 e.